The zero-order valence-corrected chi connectivity index (χ0v) is 6.03. The molecule has 0 aliphatic carbocycles. The van der Waals surface area contributed by atoms with E-state index >= 15 is 0 Å². The Morgan fingerprint density at radius 2 is 2.45 bits per heavy atom. The molecule has 0 saturated carbocycles. The summed E-state index contributed by atoms with van der Waals surface area (Å²) in [5.74, 6) is 4.79. The molecule has 0 aromatic carbocycles. The van der Waals surface area contributed by atoms with Crippen molar-refractivity contribution in [2.75, 3.05) is 5.73 Å². The highest BCUT2D eigenvalue weighted by Crippen LogP contribution is 2.02. The van der Waals surface area contributed by atoms with Gasteiger partial charge in [-0.25, -0.2) is 5.84 Å². The monoisotopic (exact) mass is 155 g/mol. The molecule has 0 fully saturated rings. The summed E-state index contributed by atoms with van der Waals surface area (Å²) in [6.07, 6.45) is 0. The van der Waals surface area contributed by atoms with Crippen LogP contribution in [-0.2, 0) is 7.05 Å². The Kier molecular flexibility index (Phi) is 1.77. The van der Waals surface area contributed by atoms with Crippen LogP contribution < -0.4 is 17.0 Å². The van der Waals surface area contributed by atoms with Gasteiger partial charge in [-0.3, -0.25) is 14.9 Å². The van der Waals surface area contributed by atoms with Gasteiger partial charge in [-0.1, -0.05) is 0 Å². The summed E-state index contributed by atoms with van der Waals surface area (Å²) in [5, 5.41) is 3.76. The molecule has 6 heteroatoms. The SMILES string of the molecule is Cn1nc(N)cc1C(=O)NN. The van der Waals surface area contributed by atoms with Crippen LogP contribution in [0.2, 0.25) is 0 Å². The highest BCUT2D eigenvalue weighted by molar-refractivity contribution is 5.92. The third kappa shape index (κ3) is 1.30. The fourth-order valence-corrected chi connectivity index (χ4v) is 0.776. The van der Waals surface area contributed by atoms with E-state index in [1.807, 2.05) is 5.43 Å². The molecule has 0 aliphatic rings. The van der Waals surface area contributed by atoms with E-state index in [4.69, 9.17) is 11.6 Å². The van der Waals surface area contributed by atoms with Crippen molar-refractivity contribution in [1.82, 2.24) is 15.2 Å². The number of anilines is 1. The molecule has 1 heterocycles. The normalized spacial score (nSPS) is 9.64. The van der Waals surface area contributed by atoms with E-state index in [0.717, 1.165) is 0 Å². The fourth-order valence-electron chi connectivity index (χ4n) is 0.776. The molecule has 1 rings (SSSR count). The van der Waals surface area contributed by atoms with Crippen LogP contribution in [-0.4, -0.2) is 15.7 Å². The number of nitrogens with one attached hydrogen (secondary N) is 1. The number of carbonyl (C=O) groups excluding carboxylic acids is 1. The minimum absolute atomic E-state index is 0.297. The van der Waals surface area contributed by atoms with Gasteiger partial charge in [-0.05, 0) is 0 Å². The molecular formula is C5H9N5O. The minimum atomic E-state index is -0.406. The summed E-state index contributed by atoms with van der Waals surface area (Å²) in [6, 6.07) is 1.45. The second-order valence-corrected chi connectivity index (χ2v) is 2.05. The number of aryl methyl sites for hydroxylation is 1. The Hall–Kier alpha value is -1.56. The number of carbonyl (C=O) groups is 1. The lowest BCUT2D eigenvalue weighted by Gasteiger charge is -1.96. The summed E-state index contributed by atoms with van der Waals surface area (Å²) in [7, 11) is 1.61. The molecule has 11 heavy (non-hydrogen) atoms. The van der Waals surface area contributed by atoms with Crippen LogP contribution >= 0.6 is 0 Å². The van der Waals surface area contributed by atoms with Crippen molar-refractivity contribution in [2.24, 2.45) is 12.9 Å². The van der Waals surface area contributed by atoms with E-state index in [0.29, 0.717) is 11.5 Å². The average Bonchev–Trinajstić information content (AvgIpc) is 2.28. The molecule has 5 N–H and O–H groups in total. The summed E-state index contributed by atoms with van der Waals surface area (Å²) in [6.45, 7) is 0. The van der Waals surface area contributed by atoms with Gasteiger partial charge in [0.2, 0.25) is 0 Å². The number of nitrogens with zero attached hydrogens (tertiary/aromatic N) is 2. The Morgan fingerprint density at radius 1 is 1.82 bits per heavy atom. The first-order chi connectivity index (χ1) is 5.15. The van der Waals surface area contributed by atoms with Crippen LogP contribution in [0.1, 0.15) is 10.5 Å². The second kappa shape index (κ2) is 2.59. The number of nitrogens with two attached hydrogens (primary N) is 2. The summed E-state index contributed by atoms with van der Waals surface area (Å²) in [4.78, 5) is 10.9. The van der Waals surface area contributed by atoms with Gasteiger partial charge in [0.05, 0.1) is 0 Å². The topological polar surface area (TPSA) is 99.0 Å². The van der Waals surface area contributed by atoms with Gasteiger partial charge in [-0.2, -0.15) is 5.10 Å². The van der Waals surface area contributed by atoms with Crippen LogP contribution in [0.25, 0.3) is 0 Å². The number of aromatic nitrogens is 2. The molecule has 60 valence electrons. The van der Waals surface area contributed by atoms with Gasteiger partial charge in [0.15, 0.2) is 0 Å². The molecule has 0 atom stereocenters. The number of hydrogen-bond donors (Lipinski definition) is 3. The van der Waals surface area contributed by atoms with E-state index < -0.39 is 5.91 Å². The maximum absolute atomic E-state index is 10.9. The van der Waals surface area contributed by atoms with Crippen LogP contribution in [0.5, 0.6) is 0 Å². The van der Waals surface area contributed by atoms with Gasteiger partial charge in [0.25, 0.3) is 5.91 Å². The fraction of sp³-hybridized carbons (Fsp3) is 0.200. The predicted octanol–water partition coefficient (Wildman–Crippen LogP) is -1.39. The van der Waals surface area contributed by atoms with E-state index in [-0.39, 0.29) is 0 Å². The highest BCUT2D eigenvalue weighted by atomic mass is 16.2. The van der Waals surface area contributed by atoms with Crippen LogP contribution in [0.3, 0.4) is 0 Å². The molecule has 0 aliphatic heterocycles. The zero-order valence-electron chi connectivity index (χ0n) is 6.03. The van der Waals surface area contributed by atoms with E-state index in [1.54, 1.807) is 7.05 Å². The lowest BCUT2D eigenvalue weighted by molar-refractivity contribution is 0.0944. The van der Waals surface area contributed by atoms with Crippen LogP contribution in [0.15, 0.2) is 6.07 Å². The zero-order chi connectivity index (χ0) is 8.43. The Morgan fingerprint density at radius 3 is 2.82 bits per heavy atom. The molecule has 0 radical (unpaired) electrons. The third-order valence-electron chi connectivity index (χ3n) is 1.26. The number of rotatable bonds is 1. The lowest BCUT2D eigenvalue weighted by atomic mass is 10.4. The second-order valence-electron chi connectivity index (χ2n) is 2.05. The molecule has 1 amide bonds. The van der Waals surface area contributed by atoms with Crippen molar-refractivity contribution in [1.29, 1.82) is 0 Å². The van der Waals surface area contributed by atoms with Gasteiger partial charge in [-0.15, -0.1) is 0 Å². The van der Waals surface area contributed by atoms with Gasteiger partial charge in [0.1, 0.15) is 11.5 Å². The molecule has 0 unspecified atom stereocenters. The van der Waals surface area contributed by atoms with Crippen molar-refractivity contribution in [3.63, 3.8) is 0 Å². The van der Waals surface area contributed by atoms with Gasteiger partial charge in [0, 0.05) is 13.1 Å². The van der Waals surface area contributed by atoms with Crippen molar-refractivity contribution in [3.05, 3.63) is 11.8 Å². The van der Waals surface area contributed by atoms with Crippen LogP contribution in [0.4, 0.5) is 5.82 Å². The van der Waals surface area contributed by atoms with Crippen molar-refractivity contribution < 1.29 is 4.79 Å². The first-order valence-electron chi connectivity index (χ1n) is 2.95. The number of hydrazine groups is 1. The Balaban J connectivity index is 3.03. The predicted molar refractivity (Wildman–Crippen MR) is 39.3 cm³/mol. The van der Waals surface area contributed by atoms with Crippen molar-refractivity contribution in [3.8, 4) is 0 Å². The van der Waals surface area contributed by atoms with E-state index in [1.165, 1.54) is 10.7 Å². The maximum atomic E-state index is 10.9. The quantitative estimate of drug-likeness (QED) is 0.264. The molecule has 1 aromatic heterocycles. The van der Waals surface area contributed by atoms with Crippen LogP contribution in [0, 0.1) is 0 Å². The summed E-state index contributed by atoms with van der Waals surface area (Å²) < 4.78 is 1.36. The summed E-state index contributed by atoms with van der Waals surface area (Å²) >= 11 is 0. The molecule has 0 saturated heterocycles. The number of nitrogen functional groups attached to an aromatic ring is 2. The number of hydrogen-bond acceptors (Lipinski definition) is 4. The highest BCUT2D eigenvalue weighted by Gasteiger charge is 2.09. The van der Waals surface area contributed by atoms with Gasteiger partial charge < -0.3 is 5.73 Å². The van der Waals surface area contributed by atoms with E-state index in [9.17, 15) is 4.79 Å². The largest absolute Gasteiger partial charge is 0.382 e. The van der Waals surface area contributed by atoms with E-state index in [2.05, 4.69) is 5.10 Å². The smallest absolute Gasteiger partial charge is 0.283 e. The molecule has 1 aromatic rings. The van der Waals surface area contributed by atoms with Crippen molar-refractivity contribution >= 4 is 11.7 Å². The maximum Gasteiger partial charge on any atom is 0.283 e. The summed E-state index contributed by atoms with van der Waals surface area (Å²) in [5.41, 5.74) is 7.64. The minimum Gasteiger partial charge on any atom is -0.382 e. The van der Waals surface area contributed by atoms with Crippen molar-refractivity contribution in [2.45, 2.75) is 0 Å². The first kappa shape index (κ1) is 7.55. The lowest BCUT2D eigenvalue weighted by Crippen LogP contribution is -2.31. The molecule has 0 bridgehead atoms. The first-order valence-corrected chi connectivity index (χ1v) is 2.95. The Bertz CT molecular complexity index is 278. The average molecular weight is 155 g/mol. The number of amides is 1. The molecule has 6 nitrogen and oxygen atoms in total. The molecule has 0 spiro atoms. The Labute approximate surface area is 63.1 Å². The molecular weight excluding hydrogens is 146 g/mol. The third-order valence-corrected chi connectivity index (χ3v) is 1.26. The van der Waals surface area contributed by atoms with Gasteiger partial charge >= 0.3 is 0 Å². The standard InChI is InChI=1S/C5H9N5O/c1-10-3(5(11)8-7)2-4(6)9-10/h2H,7H2,1H3,(H2,6,9)(H,8,11).